The largest absolute Gasteiger partial charge is 0.393 e. The molecule has 1 aliphatic heterocycles. The highest BCUT2D eigenvalue weighted by atomic mass is 16.7. The molecule has 0 radical (unpaired) electrons. The van der Waals surface area contributed by atoms with Crippen LogP contribution in [0.5, 0.6) is 0 Å². The van der Waals surface area contributed by atoms with Crippen LogP contribution in [0.4, 0.5) is 0 Å². The Morgan fingerprint density at radius 3 is 2.58 bits per heavy atom. The van der Waals surface area contributed by atoms with Crippen molar-refractivity contribution in [3.05, 3.63) is 76.6 Å². The molecule has 212 valence electrons. The molecule has 2 heterocycles. The number of pyridine rings is 1. The normalized spacial score (nSPS) is 36.4. The van der Waals surface area contributed by atoms with Crippen LogP contribution in [0.2, 0.25) is 0 Å². The molecule has 4 fully saturated rings. The summed E-state index contributed by atoms with van der Waals surface area (Å²) in [5, 5.41) is 11.3. The van der Waals surface area contributed by atoms with E-state index in [1.165, 1.54) is 24.0 Å². The zero-order valence-corrected chi connectivity index (χ0v) is 24.4. The number of allylic oxidation sites excluding steroid dienone is 2. The van der Waals surface area contributed by atoms with Crippen LogP contribution in [0.25, 0.3) is 12.2 Å². The summed E-state index contributed by atoms with van der Waals surface area (Å²) < 4.78 is 13.0. The Kier molecular flexibility index (Phi) is 6.61. The van der Waals surface area contributed by atoms with E-state index < -0.39 is 5.79 Å². The predicted molar refractivity (Wildman–Crippen MR) is 159 cm³/mol. The molecule has 2 aromatic rings. The second-order valence-corrected chi connectivity index (χ2v) is 14.4. The maximum Gasteiger partial charge on any atom is 0.169 e. The van der Waals surface area contributed by atoms with Crippen LogP contribution in [0.15, 0.2) is 59.8 Å². The number of nitrogens with zero attached hydrogens (tertiary/aromatic N) is 1. The van der Waals surface area contributed by atoms with Crippen molar-refractivity contribution in [2.45, 2.75) is 89.9 Å². The van der Waals surface area contributed by atoms with Crippen LogP contribution in [-0.4, -0.2) is 35.2 Å². The third kappa shape index (κ3) is 4.61. The average molecular weight is 540 g/mol. The Morgan fingerprint density at radius 1 is 0.925 bits per heavy atom. The van der Waals surface area contributed by atoms with Gasteiger partial charge in [-0.25, -0.2) is 0 Å². The SMILES string of the molecule is CC1(C)COC2(CCC3=C4C(c5cccc(/C=C/c6ccccn6)c5)CC5(C)C(O)CCC5C4CCC3C2)OC1. The smallest absolute Gasteiger partial charge is 0.169 e. The average Bonchev–Trinajstić information content (AvgIpc) is 3.27. The Morgan fingerprint density at radius 2 is 1.77 bits per heavy atom. The van der Waals surface area contributed by atoms with Crippen LogP contribution in [0, 0.1) is 28.6 Å². The molecule has 1 saturated heterocycles. The van der Waals surface area contributed by atoms with E-state index in [9.17, 15) is 5.11 Å². The molecule has 1 spiro atoms. The third-order valence-corrected chi connectivity index (χ3v) is 11.2. The topological polar surface area (TPSA) is 51.6 Å². The quantitative estimate of drug-likeness (QED) is 0.405. The molecule has 40 heavy (non-hydrogen) atoms. The molecule has 3 saturated carbocycles. The fraction of sp³-hybridized carbons (Fsp3) is 0.583. The number of benzene rings is 1. The zero-order chi connectivity index (χ0) is 27.5. The molecule has 0 bridgehead atoms. The van der Waals surface area contributed by atoms with Crippen molar-refractivity contribution >= 4 is 12.2 Å². The number of aromatic nitrogens is 1. The van der Waals surface area contributed by atoms with Gasteiger partial charge < -0.3 is 14.6 Å². The summed E-state index contributed by atoms with van der Waals surface area (Å²) in [7, 11) is 0. The molecule has 6 unspecified atom stereocenters. The zero-order valence-electron chi connectivity index (χ0n) is 24.4. The van der Waals surface area contributed by atoms with Crippen LogP contribution in [0.3, 0.4) is 0 Å². The second kappa shape index (κ2) is 9.93. The number of aliphatic hydroxyl groups is 1. The van der Waals surface area contributed by atoms with E-state index in [0.717, 1.165) is 57.4 Å². The van der Waals surface area contributed by atoms with E-state index in [-0.39, 0.29) is 16.9 Å². The van der Waals surface area contributed by atoms with E-state index >= 15 is 0 Å². The van der Waals surface area contributed by atoms with Crippen molar-refractivity contribution < 1.29 is 14.6 Å². The lowest BCUT2D eigenvalue weighted by molar-refractivity contribution is -0.312. The molecule has 0 amide bonds. The van der Waals surface area contributed by atoms with Gasteiger partial charge in [0.1, 0.15) is 0 Å². The lowest BCUT2D eigenvalue weighted by Gasteiger charge is -2.55. The standard InChI is InChI=1S/C36H45NO3/c1-34(2)22-39-36(40-23-34)17-16-28-26(20-36)11-13-29-31-14-15-32(38)35(31,3)21-30(33(28)29)25-8-6-7-24(19-25)10-12-27-9-4-5-18-37-27/h4-10,12,18-19,26,29-32,38H,11,13-17,20-23H2,1-3H3/b12-10+. The van der Waals surface area contributed by atoms with Gasteiger partial charge in [0.2, 0.25) is 0 Å². The first-order valence-electron chi connectivity index (χ1n) is 15.6. The van der Waals surface area contributed by atoms with E-state index in [1.807, 2.05) is 24.4 Å². The molecular formula is C36H45NO3. The minimum atomic E-state index is -0.393. The van der Waals surface area contributed by atoms with Crippen molar-refractivity contribution in [2.75, 3.05) is 13.2 Å². The fourth-order valence-corrected chi connectivity index (χ4v) is 9.04. The van der Waals surface area contributed by atoms with Gasteiger partial charge in [-0.15, -0.1) is 0 Å². The molecule has 1 N–H and O–H groups in total. The van der Waals surface area contributed by atoms with Gasteiger partial charge in [0.05, 0.1) is 25.0 Å². The number of fused-ring (bicyclic) bond motifs is 4. The first-order chi connectivity index (χ1) is 19.3. The van der Waals surface area contributed by atoms with Gasteiger partial charge >= 0.3 is 0 Å². The van der Waals surface area contributed by atoms with Crippen molar-refractivity contribution in [1.29, 1.82) is 0 Å². The molecular weight excluding hydrogens is 494 g/mol. The molecule has 7 rings (SSSR count). The van der Waals surface area contributed by atoms with Crippen LogP contribution in [-0.2, 0) is 9.47 Å². The molecule has 1 aromatic carbocycles. The molecule has 4 nitrogen and oxygen atoms in total. The summed E-state index contributed by atoms with van der Waals surface area (Å²) in [6, 6.07) is 15.2. The van der Waals surface area contributed by atoms with Crippen LogP contribution >= 0.6 is 0 Å². The molecule has 4 heteroatoms. The molecule has 5 aliphatic rings. The van der Waals surface area contributed by atoms with E-state index in [2.05, 4.69) is 62.2 Å². The summed E-state index contributed by atoms with van der Waals surface area (Å²) in [5.41, 5.74) is 7.12. The Bertz CT molecular complexity index is 1300. The number of aliphatic hydroxyl groups excluding tert-OH is 1. The number of ether oxygens (including phenoxy) is 2. The number of hydrogen-bond donors (Lipinski definition) is 1. The Hall–Kier alpha value is -2.27. The number of rotatable bonds is 3. The van der Waals surface area contributed by atoms with Crippen molar-refractivity contribution in [1.82, 2.24) is 4.98 Å². The third-order valence-electron chi connectivity index (χ3n) is 11.2. The monoisotopic (exact) mass is 539 g/mol. The summed E-state index contributed by atoms with van der Waals surface area (Å²) in [5.74, 6) is 1.69. The van der Waals surface area contributed by atoms with Gasteiger partial charge in [0.15, 0.2) is 5.79 Å². The second-order valence-electron chi connectivity index (χ2n) is 14.4. The highest BCUT2D eigenvalue weighted by molar-refractivity contribution is 5.68. The maximum absolute atomic E-state index is 11.3. The first kappa shape index (κ1) is 26.6. The molecule has 6 atom stereocenters. The maximum atomic E-state index is 11.3. The molecule has 1 aromatic heterocycles. The summed E-state index contributed by atoms with van der Waals surface area (Å²) in [6.07, 6.45) is 14.6. The van der Waals surface area contributed by atoms with Crippen molar-refractivity contribution in [3.8, 4) is 0 Å². The lowest BCUT2D eigenvalue weighted by atomic mass is 9.52. The number of hydrogen-bond acceptors (Lipinski definition) is 4. The highest BCUT2D eigenvalue weighted by Gasteiger charge is 2.57. The highest BCUT2D eigenvalue weighted by Crippen LogP contribution is 2.65. The van der Waals surface area contributed by atoms with E-state index in [0.29, 0.717) is 23.7 Å². The van der Waals surface area contributed by atoms with Crippen molar-refractivity contribution in [3.63, 3.8) is 0 Å². The van der Waals surface area contributed by atoms with Gasteiger partial charge in [0, 0.05) is 30.4 Å². The Labute approximate surface area is 239 Å². The van der Waals surface area contributed by atoms with Crippen LogP contribution in [0.1, 0.15) is 94.9 Å². The van der Waals surface area contributed by atoms with Gasteiger partial charge in [-0.2, -0.15) is 0 Å². The fourth-order valence-electron chi connectivity index (χ4n) is 9.04. The van der Waals surface area contributed by atoms with Gasteiger partial charge in [-0.3, -0.25) is 4.98 Å². The summed E-state index contributed by atoms with van der Waals surface area (Å²) >= 11 is 0. The predicted octanol–water partition coefficient (Wildman–Crippen LogP) is 7.79. The van der Waals surface area contributed by atoms with Gasteiger partial charge in [-0.05, 0) is 91.0 Å². The van der Waals surface area contributed by atoms with Crippen LogP contribution < -0.4 is 0 Å². The van der Waals surface area contributed by atoms with Crippen molar-refractivity contribution in [2.24, 2.45) is 28.6 Å². The van der Waals surface area contributed by atoms with Gasteiger partial charge in [0.25, 0.3) is 0 Å². The Balaban J connectivity index is 1.24. The first-order valence-corrected chi connectivity index (χ1v) is 15.6. The summed E-state index contributed by atoms with van der Waals surface area (Å²) in [6.45, 7) is 8.44. The molecule has 4 aliphatic carbocycles. The van der Waals surface area contributed by atoms with E-state index in [1.54, 1.807) is 11.1 Å². The lowest BCUT2D eigenvalue weighted by Crippen LogP contribution is -2.52. The van der Waals surface area contributed by atoms with Gasteiger partial charge in [-0.1, -0.05) is 68.3 Å². The summed E-state index contributed by atoms with van der Waals surface area (Å²) in [4.78, 5) is 4.46. The minimum absolute atomic E-state index is 0.0108. The minimum Gasteiger partial charge on any atom is -0.393 e. The van der Waals surface area contributed by atoms with E-state index in [4.69, 9.17) is 9.47 Å².